The van der Waals surface area contributed by atoms with Crippen molar-refractivity contribution in [3.05, 3.63) is 203 Å². The van der Waals surface area contributed by atoms with Gasteiger partial charge in [0.25, 0.3) is 0 Å². The number of ether oxygens (including phenoxy) is 1. The molecule has 0 bridgehead atoms. The first-order valence-corrected chi connectivity index (χ1v) is 18.3. The third-order valence-electron chi connectivity index (χ3n) is 12.2. The molecule has 1 aliphatic heterocycles. The van der Waals surface area contributed by atoms with Gasteiger partial charge in [-0.3, -0.25) is 0 Å². The standard InChI is InChI=1S/C50H30N2O/c51-29-30-26-27-44-38(28-30)31-12-3-7-23-43(31)52(44)45-24-11-22-42-48(45)37-15-2-6-20-40(37)50(42)39-19-5-1-14-36(39)47-33(16-10-21-41(47)50)35-18-9-17-34-32-13-4-8-25-46(32)53-49(34)35/h1-28,32,46H. The van der Waals surface area contributed by atoms with E-state index >= 15 is 0 Å². The molecular formula is C50H30N2O. The lowest BCUT2D eigenvalue weighted by molar-refractivity contribution is 0.270. The van der Waals surface area contributed by atoms with Crippen LogP contribution in [0.3, 0.4) is 0 Å². The molecule has 246 valence electrons. The van der Waals surface area contributed by atoms with Crippen LogP contribution >= 0.6 is 0 Å². The van der Waals surface area contributed by atoms with Crippen LogP contribution < -0.4 is 4.74 Å². The van der Waals surface area contributed by atoms with E-state index in [-0.39, 0.29) is 12.0 Å². The molecule has 3 heteroatoms. The van der Waals surface area contributed by atoms with Crippen molar-refractivity contribution in [3.63, 3.8) is 0 Å². The van der Waals surface area contributed by atoms with Crippen LogP contribution in [0, 0.1) is 11.3 Å². The Morgan fingerprint density at radius 1 is 0.547 bits per heavy atom. The Morgan fingerprint density at radius 3 is 2.04 bits per heavy atom. The van der Waals surface area contributed by atoms with E-state index in [0.717, 1.165) is 38.8 Å². The number of nitriles is 1. The molecule has 4 aliphatic rings. The van der Waals surface area contributed by atoms with E-state index in [2.05, 4.69) is 168 Å². The van der Waals surface area contributed by atoms with Gasteiger partial charge in [-0.15, -0.1) is 0 Å². The Labute approximate surface area is 307 Å². The molecule has 53 heavy (non-hydrogen) atoms. The van der Waals surface area contributed by atoms with E-state index in [9.17, 15) is 5.26 Å². The second kappa shape index (κ2) is 10.3. The number of hydrogen-bond acceptors (Lipinski definition) is 2. The average molecular weight is 675 g/mol. The Hall–Kier alpha value is -6.89. The van der Waals surface area contributed by atoms with Gasteiger partial charge in [-0.25, -0.2) is 0 Å². The zero-order chi connectivity index (χ0) is 34.8. The fourth-order valence-corrected chi connectivity index (χ4v) is 10.2. The molecule has 0 radical (unpaired) electrons. The van der Waals surface area contributed by atoms with Gasteiger partial charge >= 0.3 is 0 Å². The van der Waals surface area contributed by atoms with Crippen molar-refractivity contribution in [1.29, 1.82) is 5.26 Å². The van der Waals surface area contributed by atoms with Gasteiger partial charge in [0.05, 0.1) is 33.8 Å². The zero-order valence-electron chi connectivity index (χ0n) is 28.6. The minimum absolute atomic E-state index is 0.0193. The number of hydrogen-bond donors (Lipinski definition) is 0. The molecule has 3 aliphatic carbocycles. The van der Waals surface area contributed by atoms with Crippen LogP contribution in [-0.2, 0) is 5.41 Å². The van der Waals surface area contributed by atoms with Crippen LogP contribution in [0.5, 0.6) is 5.75 Å². The summed E-state index contributed by atoms with van der Waals surface area (Å²) in [7, 11) is 0. The number of aromatic nitrogens is 1. The van der Waals surface area contributed by atoms with Gasteiger partial charge in [0.1, 0.15) is 11.9 Å². The van der Waals surface area contributed by atoms with Crippen molar-refractivity contribution in [1.82, 2.24) is 4.57 Å². The van der Waals surface area contributed by atoms with Crippen molar-refractivity contribution in [2.24, 2.45) is 0 Å². The number of benzene rings is 7. The summed E-state index contributed by atoms with van der Waals surface area (Å²) in [6.45, 7) is 0. The van der Waals surface area contributed by atoms with E-state index in [0.29, 0.717) is 5.56 Å². The van der Waals surface area contributed by atoms with Gasteiger partial charge in [0, 0.05) is 33.4 Å². The Balaban J connectivity index is 1.17. The highest BCUT2D eigenvalue weighted by Gasteiger charge is 2.53. The Bertz CT molecular complexity index is 3030. The maximum Gasteiger partial charge on any atom is 0.132 e. The first kappa shape index (κ1) is 28.8. The molecule has 0 saturated heterocycles. The van der Waals surface area contributed by atoms with Crippen LogP contribution in [-0.4, -0.2) is 10.7 Å². The third-order valence-corrected chi connectivity index (χ3v) is 12.2. The van der Waals surface area contributed by atoms with Gasteiger partial charge in [-0.05, 0) is 80.9 Å². The smallest absolute Gasteiger partial charge is 0.132 e. The highest BCUT2D eigenvalue weighted by Crippen LogP contribution is 2.65. The Kier molecular flexibility index (Phi) is 5.62. The lowest BCUT2D eigenvalue weighted by atomic mass is 9.70. The van der Waals surface area contributed by atoms with E-state index < -0.39 is 5.41 Å². The largest absolute Gasteiger partial charge is 0.484 e. The van der Waals surface area contributed by atoms with Crippen molar-refractivity contribution in [2.45, 2.75) is 17.4 Å². The summed E-state index contributed by atoms with van der Waals surface area (Å²) >= 11 is 0. The Morgan fingerprint density at radius 2 is 1.19 bits per heavy atom. The van der Waals surface area contributed by atoms with Crippen LogP contribution in [0.15, 0.2) is 170 Å². The van der Waals surface area contributed by atoms with Crippen LogP contribution in [0.4, 0.5) is 0 Å². The SMILES string of the molecule is N#Cc1ccc2c(c1)c1ccccc1n2-c1cccc2c1-c1ccccc1C21c2ccccc2-c2c(-c3cccc4c3OC3C=CC=CC43)cccc21. The molecule has 2 heterocycles. The summed E-state index contributed by atoms with van der Waals surface area (Å²) in [4.78, 5) is 0. The molecule has 7 aromatic carbocycles. The van der Waals surface area contributed by atoms with Crippen LogP contribution in [0.2, 0.25) is 0 Å². The molecule has 1 aromatic heterocycles. The fourth-order valence-electron chi connectivity index (χ4n) is 10.2. The molecule has 0 saturated carbocycles. The summed E-state index contributed by atoms with van der Waals surface area (Å²) in [5.41, 5.74) is 17.3. The summed E-state index contributed by atoms with van der Waals surface area (Å²) in [5, 5.41) is 12.1. The number of nitrogens with zero attached hydrogens (tertiary/aromatic N) is 2. The maximum absolute atomic E-state index is 9.82. The summed E-state index contributed by atoms with van der Waals surface area (Å²) in [5.74, 6) is 1.22. The van der Waals surface area contributed by atoms with E-state index in [1.807, 2.05) is 12.1 Å². The summed E-state index contributed by atoms with van der Waals surface area (Å²) in [6.07, 6.45) is 8.70. The summed E-state index contributed by atoms with van der Waals surface area (Å²) in [6, 6.07) is 55.5. The first-order valence-electron chi connectivity index (χ1n) is 18.3. The van der Waals surface area contributed by atoms with E-state index in [1.54, 1.807) is 0 Å². The van der Waals surface area contributed by atoms with Crippen molar-refractivity contribution >= 4 is 21.8 Å². The molecule has 1 spiro atoms. The lowest BCUT2D eigenvalue weighted by Crippen LogP contribution is -2.25. The highest BCUT2D eigenvalue weighted by molar-refractivity contribution is 6.11. The number of fused-ring (bicyclic) bond motifs is 16. The van der Waals surface area contributed by atoms with Crippen LogP contribution in [0.1, 0.15) is 39.3 Å². The quantitative estimate of drug-likeness (QED) is 0.183. The molecular weight excluding hydrogens is 645 g/mol. The van der Waals surface area contributed by atoms with Gasteiger partial charge in [0.15, 0.2) is 0 Å². The summed E-state index contributed by atoms with van der Waals surface area (Å²) < 4.78 is 9.17. The van der Waals surface area contributed by atoms with Crippen molar-refractivity contribution in [3.8, 4) is 50.9 Å². The van der Waals surface area contributed by atoms with E-state index in [1.165, 1.54) is 55.6 Å². The lowest BCUT2D eigenvalue weighted by Gasteiger charge is -2.30. The minimum atomic E-state index is -0.519. The van der Waals surface area contributed by atoms with Gasteiger partial charge in [-0.2, -0.15) is 5.26 Å². The predicted octanol–water partition coefficient (Wildman–Crippen LogP) is 11.6. The number of para-hydroxylation sites is 2. The van der Waals surface area contributed by atoms with E-state index in [4.69, 9.17) is 4.74 Å². The van der Waals surface area contributed by atoms with Gasteiger partial charge < -0.3 is 9.30 Å². The second-order valence-electron chi connectivity index (χ2n) is 14.6. The average Bonchev–Trinajstić information content (AvgIpc) is 3.94. The topological polar surface area (TPSA) is 38.0 Å². The second-order valence-corrected chi connectivity index (χ2v) is 14.6. The zero-order valence-corrected chi connectivity index (χ0v) is 28.6. The molecule has 3 nitrogen and oxygen atoms in total. The number of allylic oxidation sites excluding steroid dienone is 2. The third kappa shape index (κ3) is 3.53. The highest BCUT2D eigenvalue weighted by atomic mass is 16.5. The molecule has 0 N–H and O–H groups in total. The molecule has 8 aromatic rings. The first-order chi connectivity index (χ1) is 26.3. The number of rotatable bonds is 2. The monoisotopic (exact) mass is 674 g/mol. The molecule has 12 rings (SSSR count). The molecule has 3 atom stereocenters. The molecule has 0 amide bonds. The minimum Gasteiger partial charge on any atom is -0.484 e. The van der Waals surface area contributed by atoms with Crippen molar-refractivity contribution in [2.75, 3.05) is 0 Å². The fraction of sp³-hybridized carbons (Fsp3) is 0.0600. The normalized spacial score (nSPS) is 19.4. The van der Waals surface area contributed by atoms with Crippen molar-refractivity contribution < 1.29 is 4.74 Å². The molecule has 3 unspecified atom stereocenters. The molecule has 0 fully saturated rings. The van der Waals surface area contributed by atoms with Gasteiger partial charge in [0.2, 0.25) is 0 Å². The predicted molar refractivity (Wildman–Crippen MR) is 213 cm³/mol. The van der Waals surface area contributed by atoms with Gasteiger partial charge in [-0.1, -0.05) is 133 Å². The van der Waals surface area contributed by atoms with Crippen LogP contribution in [0.25, 0.3) is 60.9 Å². The maximum atomic E-state index is 9.82.